The molecular weight excluding hydrogens is 232 g/mol. The average molecular weight is 256 g/mol. The van der Waals surface area contributed by atoms with E-state index in [1.807, 2.05) is 6.92 Å². The predicted molar refractivity (Wildman–Crippen MR) is 76.2 cm³/mol. The highest BCUT2D eigenvalue weighted by Crippen LogP contribution is 2.28. The number of rotatable bonds is 4. The quantitative estimate of drug-likeness (QED) is 0.473. The van der Waals surface area contributed by atoms with Crippen LogP contribution in [0.5, 0.6) is 0 Å². The lowest BCUT2D eigenvalue weighted by Crippen LogP contribution is -2.32. The monoisotopic (exact) mass is 256 g/mol. The molecule has 0 radical (unpaired) electrons. The van der Waals surface area contributed by atoms with Gasteiger partial charge in [0, 0.05) is 0 Å². The van der Waals surface area contributed by atoms with E-state index in [9.17, 15) is 9.90 Å². The standard InChI is InChI=1S/C12H24O2Si2/c1-9(15(3,4)5)11(12(13)14)10(2)16(6,7)8/h1H2,2-8H3,(H,13,14)/b11-10-. The number of hydrogen-bond acceptors (Lipinski definition) is 1. The van der Waals surface area contributed by atoms with Gasteiger partial charge in [0.25, 0.3) is 0 Å². The van der Waals surface area contributed by atoms with Crippen LogP contribution in [0.4, 0.5) is 0 Å². The van der Waals surface area contributed by atoms with Gasteiger partial charge in [-0.1, -0.05) is 56.3 Å². The molecule has 0 spiro atoms. The second-order valence-corrected chi connectivity index (χ2v) is 16.6. The summed E-state index contributed by atoms with van der Waals surface area (Å²) in [6.45, 7) is 18.9. The van der Waals surface area contributed by atoms with Gasteiger partial charge < -0.3 is 5.11 Å². The Bertz CT molecular complexity index is 341. The van der Waals surface area contributed by atoms with E-state index in [2.05, 4.69) is 45.9 Å². The first-order valence-corrected chi connectivity index (χ1v) is 12.5. The Morgan fingerprint density at radius 1 is 1.00 bits per heavy atom. The molecule has 4 heteroatoms. The smallest absolute Gasteiger partial charge is 0.335 e. The number of carbonyl (C=O) groups is 1. The summed E-state index contributed by atoms with van der Waals surface area (Å²) in [6, 6.07) is 0. The molecule has 0 aliphatic carbocycles. The van der Waals surface area contributed by atoms with Crippen molar-refractivity contribution in [1.82, 2.24) is 0 Å². The molecule has 0 rings (SSSR count). The van der Waals surface area contributed by atoms with Gasteiger partial charge in [0.05, 0.1) is 21.7 Å². The first-order chi connectivity index (χ1) is 6.89. The lowest BCUT2D eigenvalue weighted by atomic mass is 10.2. The zero-order chi connectivity index (χ0) is 13.3. The van der Waals surface area contributed by atoms with Gasteiger partial charge in [-0.25, -0.2) is 4.79 Å². The normalized spacial score (nSPS) is 14.4. The minimum absolute atomic E-state index is 0.498. The molecule has 0 aromatic carbocycles. The van der Waals surface area contributed by atoms with Crippen molar-refractivity contribution in [3.8, 4) is 0 Å². The Morgan fingerprint density at radius 2 is 1.38 bits per heavy atom. The largest absolute Gasteiger partial charge is 0.478 e. The highest BCUT2D eigenvalue weighted by molar-refractivity contribution is 6.86. The van der Waals surface area contributed by atoms with Crippen LogP contribution < -0.4 is 0 Å². The van der Waals surface area contributed by atoms with Crippen LogP contribution in [0.15, 0.2) is 22.5 Å². The SMILES string of the molecule is C=C(/C(C(=O)O)=C(\C)[Si](C)(C)C)[Si](C)(C)C. The van der Waals surface area contributed by atoms with Gasteiger partial charge in [0.15, 0.2) is 0 Å². The molecule has 0 aliphatic heterocycles. The fourth-order valence-electron chi connectivity index (χ4n) is 1.27. The van der Waals surface area contributed by atoms with Crippen LogP contribution in [0.3, 0.4) is 0 Å². The van der Waals surface area contributed by atoms with Gasteiger partial charge in [0.1, 0.15) is 0 Å². The first kappa shape index (κ1) is 15.4. The van der Waals surface area contributed by atoms with Crippen molar-refractivity contribution < 1.29 is 9.90 Å². The molecule has 0 unspecified atom stereocenters. The topological polar surface area (TPSA) is 37.3 Å². The highest BCUT2D eigenvalue weighted by atomic mass is 28.3. The third kappa shape index (κ3) is 3.75. The molecule has 16 heavy (non-hydrogen) atoms. The number of hydrogen-bond donors (Lipinski definition) is 1. The molecule has 0 aliphatic rings. The van der Waals surface area contributed by atoms with E-state index in [-0.39, 0.29) is 0 Å². The van der Waals surface area contributed by atoms with E-state index in [4.69, 9.17) is 0 Å². The van der Waals surface area contributed by atoms with Crippen LogP contribution in [0.2, 0.25) is 39.3 Å². The Labute approximate surface area is 101 Å². The molecule has 0 aromatic rings. The Balaban J connectivity index is 5.71. The zero-order valence-electron chi connectivity index (χ0n) is 11.6. The van der Waals surface area contributed by atoms with Crippen molar-refractivity contribution in [1.29, 1.82) is 0 Å². The van der Waals surface area contributed by atoms with Crippen molar-refractivity contribution in [3.05, 3.63) is 22.5 Å². The van der Waals surface area contributed by atoms with E-state index >= 15 is 0 Å². The molecule has 0 saturated heterocycles. The van der Waals surface area contributed by atoms with E-state index in [0.717, 1.165) is 10.4 Å². The van der Waals surface area contributed by atoms with Crippen molar-refractivity contribution in [3.63, 3.8) is 0 Å². The van der Waals surface area contributed by atoms with Crippen molar-refractivity contribution in [2.75, 3.05) is 0 Å². The van der Waals surface area contributed by atoms with Crippen LogP contribution in [-0.4, -0.2) is 27.2 Å². The molecule has 0 aromatic heterocycles. The molecule has 2 nitrogen and oxygen atoms in total. The molecule has 0 saturated carbocycles. The molecular formula is C12H24O2Si2. The fourth-order valence-corrected chi connectivity index (χ4v) is 3.44. The second-order valence-electron chi connectivity index (χ2n) is 6.28. The van der Waals surface area contributed by atoms with E-state index in [1.54, 1.807) is 0 Å². The maximum Gasteiger partial charge on any atom is 0.335 e. The van der Waals surface area contributed by atoms with Crippen molar-refractivity contribution >= 4 is 22.1 Å². The first-order valence-electron chi connectivity index (χ1n) is 5.53. The van der Waals surface area contributed by atoms with Crippen LogP contribution >= 0.6 is 0 Å². The highest BCUT2D eigenvalue weighted by Gasteiger charge is 2.30. The summed E-state index contributed by atoms with van der Waals surface area (Å²) in [7, 11) is -3.21. The van der Waals surface area contributed by atoms with Gasteiger partial charge in [-0.3, -0.25) is 0 Å². The third-order valence-electron chi connectivity index (χ3n) is 2.92. The lowest BCUT2D eigenvalue weighted by Gasteiger charge is -2.26. The molecule has 0 fully saturated rings. The van der Waals surface area contributed by atoms with Crippen LogP contribution in [-0.2, 0) is 4.79 Å². The maximum absolute atomic E-state index is 11.4. The number of aliphatic carboxylic acids is 1. The zero-order valence-corrected chi connectivity index (χ0v) is 13.6. The minimum Gasteiger partial charge on any atom is -0.478 e. The van der Waals surface area contributed by atoms with E-state index in [0.29, 0.717) is 5.57 Å². The summed E-state index contributed by atoms with van der Waals surface area (Å²) >= 11 is 0. The molecule has 0 heterocycles. The predicted octanol–water partition coefficient (Wildman–Crippen LogP) is 3.70. The molecule has 0 bridgehead atoms. The molecule has 1 N–H and O–H groups in total. The van der Waals surface area contributed by atoms with Crippen molar-refractivity contribution in [2.24, 2.45) is 0 Å². The van der Waals surface area contributed by atoms with Gasteiger partial charge in [0.2, 0.25) is 0 Å². The van der Waals surface area contributed by atoms with Gasteiger partial charge in [-0.05, 0) is 6.92 Å². The number of carboxylic acid groups (broad SMARTS) is 1. The number of carboxylic acids is 1. The van der Waals surface area contributed by atoms with Crippen LogP contribution in [0, 0.1) is 0 Å². The summed E-state index contributed by atoms with van der Waals surface area (Å²) in [5.41, 5.74) is 0.498. The lowest BCUT2D eigenvalue weighted by molar-refractivity contribution is -0.132. The minimum atomic E-state index is -1.64. The van der Waals surface area contributed by atoms with Gasteiger partial charge >= 0.3 is 5.97 Å². The summed E-state index contributed by atoms with van der Waals surface area (Å²) in [5.74, 6) is -0.813. The van der Waals surface area contributed by atoms with E-state index < -0.39 is 22.1 Å². The average Bonchev–Trinajstić information content (AvgIpc) is 1.99. The summed E-state index contributed by atoms with van der Waals surface area (Å²) in [4.78, 5) is 11.4. The van der Waals surface area contributed by atoms with E-state index in [1.165, 1.54) is 0 Å². The summed E-state index contributed by atoms with van der Waals surface area (Å²) < 4.78 is 0. The molecule has 0 amide bonds. The van der Waals surface area contributed by atoms with Gasteiger partial charge in [-0.2, -0.15) is 0 Å². The fraction of sp³-hybridized carbons (Fsp3) is 0.583. The number of allylic oxidation sites excluding steroid dienone is 1. The maximum atomic E-state index is 11.4. The second kappa shape index (κ2) is 4.71. The van der Waals surface area contributed by atoms with Crippen molar-refractivity contribution in [2.45, 2.75) is 46.2 Å². The summed E-state index contributed by atoms with van der Waals surface area (Å²) in [6.07, 6.45) is 0. The summed E-state index contributed by atoms with van der Waals surface area (Å²) in [5, 5.41) is 11.3. The Hall–Kier alpha value is -0.616. The Kier molecular flexibility index (Phi) is 4.53. The third-order valence-corrected chi connectivity index (χ3v) is 7.48. The molecule has 92 valence electrons. The van der Waals surface area contributed by atoms with Crippen LogP contribution in [0.25, 0.3) is 0 Å². The molecule has 0 atom stereocenters. The van der Waals surface area contributed by atoms with Gasteiger partial charge in [-0.15, -0.1) is 0 Å². The Morgan fingerprint density at radius 3 is 1.56 bits per heavy atom. The van der Waals surface area contributed by atoms with Crippen LogP contribution in [0.1, 0.15) is 6.92 Å².